The van der Waals surface area contributed by atoms with E-state index in [4.69, 9.17) is 0 Å². The molecule has 1 fully saturated rings. The Labute approximate surface area is 159 Å². The maximum absolute atomic E-state index is 12.3. The fraction of sp³-hybridized carbons (Fsp3) is 0.333. The smallest absolute Gasteiger partial charge is 0.319 e. The molecule has 0 unspecified atom stereocenters. The van der Waals surface area contributed by atoms with Crippen molar-refractivity contribution in [2.75, 3.05) is 25.5 Å². The molecule has 142 valence electrons. The number of carbonyl (C=O) groups is 2. The highest BCUT2D eigenvalue weighted by molar-refractivity contribution is 5.96. The lowest BCUT2D eigenvalue weighted by Crippen LogP contribution is -2.45. The van der Waals surface area contributed by atoms with E-state index in [1.165, 1.54) is 5.56 Å². The van der Waals surface area contributed by atoms with Crippen molar-refractivity contribution < 1.29 is 9.59 Å². The molecule has 0 spiro atoms. The van der Waals surface area contributed by atoms with Gasteiger partial charge in [0, 0.05) is 44.0 Å². The van der Waals surface area contributed by atoms with Gasteiger partial charge in [-0.2, -0.15) is 0 Å². The zero-order valence-corrected chi connectivity index (χ0v) is 15.6. The summed E-state index contributed by atoms with van der Waals surface area (Å²) in [6.45, 7) is 2.88. The number of anilines is 1. The lowest BCUT2D eigenvalue weighted by molar-refractivity contribution is 0.0963. The monoisotopic (exact) mass is 366 g/mol. The van der Waals surface area contributed by atoms with Crippen molar-refractivity contribution in [2.45, 2.75) is 25.4 Å². The Balaban J connectivity index is 1.45. The fourth-order valence-corrected chi connectivity index (χ4v) is 3.31. The molecule has 27 heavy (non-hydrogen) atoms. The van der Waals surface area contributed by atoms with Crippen LogP contribution in [0, 0.1) is 0 Å². The SMILES string of the molecule is CNC(=O)c1cccc(NC(=O)NC2CCN(Cc3ccccc3)CC2)c1. The number of carbonyl (C=O) groups excluding carboxylic acids is 2. The van der Waals surface area contributed by atoms with E-state index in [-0.39, 0.29) is 18.0 Å². The molecule has 1 aliphatic heterocycles. The number of nitrogens with zero attached hydrogens (tertiary/aromatic N) is 1. The summed E-state index contributed by atoms with van der Waals surface area (Å²) in [7, 11) is 1.58. The van der Waals surface area contributed by atoms with Gasteiger partial charge in [0.1, 0.15) is 0 Å². The summed E-state index contributed by atoms with van der Waals surface area (Å²) >= 11 is 0. The van der Waals surface area contributed by atoms with Gasteiger partial charge < -0.3 is 16.0 Å². The van der Waals surface area contributed by atoms with Crippen molar-refractivity contribution in [3.8, 4) is 0 Å². The molecule has 6 heteroatoms. The molecule has 0 aromatic heterocycles. The van der Waals surface area contributed by atoms with E-state index < -0.39 is 0 Å². The predicted octanol–water partition coefficient (Wildman–Crippen LogP) is 2.83. The number of amides is 3. The van der Waals surface area contributed by atoms with E-state index in [2.05, 4.69) is 45.1 Å². The summed E-state index contributed by atoms with van der Waals surface area (Å²) in [5.74, 6) is -0.176. The van der Waals surface area contributed by atoms with Crippen LogP contribution in [0.5, 0.6) is 0 Å². The quantitative estimate of drug-likeness (QED) is 0.762. The molecule has 2 aromatic carbocycles. The third-order valence-corrected chi connectivity index (χ3v) is 4.78. The Hall–Kier alpha value is -2.86. The largest absolute Gasteiger partial charge is 0.355 e. The first-order valence-electron chi connectivity index (χ1n) is 9.30. The molecule has 2 aromatic rings. The van der Waals surface area contributed by atoms with Gasteiger partial charge in [-0.3, -0.25) is 9.69 Å². The zero-order chi connectivity index (χ0) is 19.1. The van der Waals surface area contributed by atoms with Gasteiger partial charge in [0.15, 0.2) is 0 Å². The van der Waals surface area contributed by atoms with Gasteiger partial charge in [-0.25, -0.2) is 4.79 Å². The predicted molar refractivity (Wildman–Crippen MR) is 107 cm³/mol. The highest BCUT2D eigenvalue weighted by atomic mass is 16.2. The van der Waals surface area contributed by atoms with Gasteiger partial charge in [-0.15, -0.1) is 0 Å². The van der Waals surface area contributed by atoms with Gasteiger partial charge in [0.2, 0.25) is 0 Å². The van der Waals surface area contributed by atoms with Crippen LogP contribution >= 0.6 is 0 Å². The topological polar surface area (TPSA) is 73.5 Å². The number of nitrogens with one attached hydrogen (secondary N) is 3. The van der Waals surface area contributed by atoms with E-state index >= 15 is 0 Å². The summed E-state index contributed by atoms with van der Waals surface area (Å²) in [6, 6.07) is 17.3. The molecule has 1 aliphatic rings. The number of piperidine rings is 1. The summed E-state index contributed by atoms with van der Waals surface area (Å²) in [5, 5.41) is 8.43. The van der Waals surface area contributed by atoms with E-state index in [0.29, 0.717) is 11.3 Å². The maximum atomic E-state index is 12.3. The normalized spacial score (nSPS) is 15.1. The van der Waals surface area contributed by atoms with Gasteiger partial charge >= 0.3 is 6.03 Å². The fourth-order valence-electron chi connectivity index (χ4n) is 3.31. The van der Waals surface area contributed by atoms with Crippen molar-refractivity contribution >= 4 is 17.6 Å². The van der Waals surface area contributed by atoms with Gasteiger partial charge in [0.25, 0.3) is 5.91 Å². The Morgan fingerprint density at radius 3 is 2.48 bits per heavy atom. The molecule has 3 N–H and O–H groups in total. The molecule has 0 bridgehead atoms. The summed E-state index contributed by atoms with van der Waals surface area (Å²) < 4.78 is 0. The van der Waals surface area contributed by atoms with Crippen molar-refractivity contribution in [1.29, 1.82) is 0 Å². The molecule has 1 saturated heterocycles. The van der Waals surface area contributed by atoms with Gasteiger partial charge in [0.05, 0.1) is 0 Å². The van der Waals surface area contributed by atoms with Crippen LogP contribution in [0.15, 0.2) is 54.6 Å². The van der Waals surface area contributed by atoms with Crippen LogP contribution in [0.1, 0.15) is 28.8 Å². The molecule has 0 atom stereocenters. The summed E-state index contributed by atoms with van der Waals surface area (Å²) in [5.41, 5.74) is 2.44. The number of urea groups is 1. The van der Waals surface area contributed by atoms with Crippen LogP contribution < -0.4 is 16.0 Å². The first-order valence-corrected chi connectivity index (χ1v) is 9.30. The zero-order valence-electron chi connectivity index (χ0n) is 15.6. The maximum Gasteiger partial charge on any atom is 0.319 e. The highest BCUT2D eigenvalue weighted by Gasteiger charge is 2.20. The number of benzene rings is 2. The molecular weight excluding hydrogens is 340 g/mol. The molecule has 0 saturated carbocycles. The number of hydrogen-bond acceptors (Lipinski definition) is 3. The molecule has 6 nitrogen and oxygen atoms in total. The molecular formula is C21H26N4O2. The van der Waals surface area contributed by atoms with Crippen molar-refractivity contribution in [2.24, 2.45) is 0 Å². The number of likely N-dealkylation sites (tertiary alicyclic amines) is 1. The minimum Gasteiger partial charge on any atom is -0.355 e. The van der Waals surface area contributed by atoms with E-state index in [9.17, 15) is 9.59 Å². The first-order chi connectivity index (χ1) is 13.1. The minimum atomic E-state index is -0.231. The average molecular weight is 366 g/mol. The van der Waals surface area contributed by atoms with E-state index in [1.54, 1.807) is 31.3 Å². The second-order valence-electron chi connectivity index (χ2n) is 6.79. The summed E-state index contributed by atoms with van der Waals surface area (Å²) in [6.07, 6.45) is 1.86. The van der Waals surface area contributed by atoms with Crippen molar-refractivity contribution in [3.05, 3.63) is 65.7 Å². The number of rotatable bonds is 5. The summed E-state index contributed by atoms with van der Waals surface area (Å²) in [4.78, 5) is 26.4. The van der Waals surface area contributed by atoms with Gasteiger partial charge in [-0.05, 0) is 36.6 Å². The second-order valence-corrected chi connectivity index (χ2v) is 6.79. The lowest BCUT2D eigenvalue weighted by atomic mass is 10.0. The van der Waals surface area contributed by atoms with Crippen LogP contribution in [0.3, 0.4) is 0 Å². The molecule has 1 heterocycles. The Kier molecular flexibility index (Phi) is 6.44. The average Bonchev–Trinajstić information content (AvgIpc) is 2.70. The highest BCUT2D eigenvalue weighted by Crippen LogP contribution is 2.15. The third kappa shape index (κ3) is 5.56. The van der Waals surface area contributed by atoms with E-state index in [0.717, 1.165) is 32.5 Å². The van der Waals surface area contributed by atoms with Crippen LogP contribution in [-0.4, -0.2) is 43.0 Å². The Morgan fingerprint density at radius 2 is 1.78 bits per heavy atom. The standard InChI is InChI=1S/C21H26N4O2/c1-22-20(26)17-8-5-9-19(14-17)24-21(27)23-18-10-12-25(13-11-18)15-16-6-3-2-4-7-16/h2-9,14,18H,10-13,15H2,1H3,(H,22,26)(H2,23,24,27). The van der Waals surface area contributed by atoms with Crippen molar-refractivity contribution in [1.82, 2.24) is 15.5 Å². The van der Waals surface area contributed by atoms with Crippen LogP contribution in [0.2, 0.25) is 0 Å². The second kappa shape index (κ2) is 9.19. The lowest BCUT2D eigenvalue weighted by Gasteiger charge is -2.32. The van der Waals surface area contributed by atoms with E-state index in [1.807, 2.05) is 6.07 Å². The Morgan fingerprint density at radius 1 is 1.04 bits per heavy atom. The number of hydrogen-bond donors (Lipinski definition) is 3. The van der Waals surface area contributed by atoms with Crippen LogP contribution in [0.4, 0.5) is 10.5 Å². The van der Waals surface area contributed by atoms with Crippen LogP contribution in [0.25, 0.3) is 0 Å². The molecule has 0 aliphatic carbocycles. The molecule has 3 amide bonds. The van der Waals surface area contributed by atoms with Crippen LogP contribution in [-0.2, 0) is 6.54 Å². The minimum absolute atomic E-state index is 0.166. The molecule has 0 radical (unpaired) electrons. The first kappa shape index (κ1) is 18.9. The van der Waals surface area contributed by atoms with Gasteiger partial charge in [-0.1, -0.05) is 36.4 Å². The van der Waals surface area contributed by atoms with Crippen molar-refractivity contribution in [3.63, 3.8) is 0 Å². The third-order valence-electron chi connectivity index (χ3n) is 4.78. The molecule has 3 rings (SSSR count). The Bertz CT molecular complexity index is 771.